The first-order valence-corrected chi connectivity index (χ1v) is 8.70. The van der Waals surface area contributed by atoms with E-state index in [1.54, 1.807) is 11.8 Å². The van der Waals surface area contributed by atoms with Crippen LogP contribution in [0.25, 0.3) is 0 Å². The maximum atomic E-state index is 12.1. The van der Waals surface area contributed by atoms with Crippen LogP contribution in [0.3, 0.4) is 0 Å². The summed E-state index contributed by atoms with van der Waals surface area (Å²) in [6.07, 6.45) is 7.71. The van der Waals surface area contributed by atoms with E-state index in [1.807, 2.05) is 13.2 Å². The number of carbonyl (C=O) groups is 1. The van der Waals surface area contributed by atoms with E-state index in [2.05, 4.69) is 5.32 Å². The zero-order valence-electron chi connectivity index (χ0n) is 12.0. The lowest BCUT2D eigenvalue weighted by Gasteiger charge is -2.61. The second kappa shape index (κ2) is 6.46. The summed E-state index contributed by atoms with van der Waals surface area (Å²) in [6.45, 7) is 2.80. The number of hydrogen-bond donors (Lipinski definition) is 2. The number of nitrogens with two attached hydrogens (primary N) is 1. The molecular weight excluding hydrogens is 260 g/mol. The van der Waals surface area contributed by atoms with Gasteiger partial charge < -0.3 is 15.8 Å². The molecule has 5 heteroatoms. The molecule has 3 atom stereocenters. The van der Waals surface area contributed by atoms with Gasteiger partial charge in [-0.15, -0.1) is 0 Å². The molecule has 1 spiro atoms. The van der Waals surface area contributed by atoms with Crippen LogP contribution < -0.4 is 11.1 Å². The normalized spacial score (nSPS) is 29.4. The topological polar surface area (TPSA) is 64.3 Å². The third kappa shape index (κ3) is 2.93. The first-order valence-electron chi connectivity index (χ1n) is 7.30. The summed E-state index contributed by atoms with van der Waals surface area (Å²) in [7, 11) is 0. The standard InChI is InChI=1S/C14H26N2O2S/c1-3-18-12-9-11(14(12)6-4-7-14)16-13(17)10(15)5-8-19-2/h10-12H,3-9,15H2,1-2H3,(H,16,17)/t10-,11?,12?/m0/s1. The summed E-state index contributed by atoms with van der Waals surface area (Å²) < 4.78 is 5.79. The highest BCUT2D eigenvalue weighted by Gasteiger charge is 2.59. The van der Waals surface area contributed by atoms with Crippen LogP contribution in [0.4, 0.5) is 0 Å². The van der Waals surface area contributed by atoms with Crippen molar-refractivity contribution >= 4 is 17.7 Å². The number of carbonyl (C=O) groups excluding carboxylic acids is 1. The van der Waals surface area contributed by atoms with Gasteiger partial charge in [-0.3, -0.25) is 4.79 Å². The molecule has 2 aliphatic rings. The van der Waals surface area contributed by atoms with Gasteiger partial charge in [-0.2, -0.15) is 11.8 Å². The van der Waals surface area contributed by atoms with Gasteiger partial charge in [0.25, 0.3) is 0 Å². The number of rotatable bonds is 7. The number of thioether (sulfide) groups is 1. The van der Waals surface area contributed by atoms with Crippen molar-refractivity contribution in [2.75, 3.05) is 18.6 Å². The summed E-state index contributed by atoms with van der Waals surface area (Å²) in [4.78, 5) is 12.1. The van der Waals surface area contributed by atoms with Gasteiger partial charge in [0.15, 0.2) is 0 Å². The van der Waals surface area contributed by atoms with E-state index in [1.165, 1.54) is 19.3 Å². The molecule has 2 saturated carbocycles. The lowest BCUT2D eigenvalue weighted by Crippen LogP contribution is -2.68. The van der Waals surface area contributed by atoms with Crippen molar-refractivity contribution in [2.45, 2.75) is 57.2 Å². The molecule has 0 heterocycles. The van der Waals surface area contributed by atoms with E-state index in [0.29, 0.717) is 6.10 Å². The third-order valence-electron chi connectivity index (χ3n) is 4.72. The molecule has 2 unspecified atom stereocenters. The van der Waals surface area contributed by atoms with Gasteiger partial charge in [-0.25, -0.2) is 0 Å². The highest BCUT2D eigenvalue weighted by atomic mass is 32.2. The molecule has 0 radical (unpaired) electrons. The van der Waals surface area contributed by atoms with Crippen LogP contribution in [0, 0.1) is 5.41 Å². The molecule has 0 aliphatic heterocycles. The zero-order valence-corrected chi connectivity index (χ0v) is 12.8. The van der Waals surface area contributed by atoms with Gasteiger partial charge in [0.2, 0.25) is 5.91 Å². The molecule has 0 aromatic carbocycles. The second-order valence-electron chi connectivity index (χ2n) is 5.72. The number of nitrogens with one attached hydrogen (secondary N) is 1. The van der Waals surface area contributed by atoms with Crippen LogP contribution in [-0.2, 0) is 9.53 Å². The minimum absolute atomic E-state index is 0.0141. The van der Waals surface area contributed by atoms with Gasteiger partial charge >= 0.3 is 0 Å². The number of hydrogen-bond acceptors (Lipinski definition) is 4. The minimum atomic E-state index is -0.365. The van der Waals surface area contributed by atoms with Crippen molar-refractivity contribution in [1.82, 2.24) is 5.32 Å². The lowest BCUT2D eigenvalue weighted by atomic mass is 9.51. The predicted molar refractivity (Wildman–Crippen MR) is 79.2 cm³/mol. The highest BCUT2D eigenvalue weighted by molar-refractivity contribution is 7.98. The summed E-state index contributed by atoms with van der Waals surface area (Å²) in [6, 6.07) is -0.0821. The fraction of sp³-hybridized carbons (Fsp3) is 0.929. The monoisotopic (exact) mass is 286 g/mol. The average molecular weight is 286 g/mol. The van der Waals surface area contributed by atoms with E-state index >= 15 is 0 Å². The van der Waals surface area contributed by atoms with Crippen LogP contribution in [0.15, 0.2) is 0 Å². The molecule has 2 rings (SSSR count). The average Bonchev–Trinajstić information content (AvgIpc) is 2.32. The van der Waals surface area contributed by atoms with Gasteiger partial charge in [0.05, 0.1) is 12.1 Å². The molecule has 19 heavy (non-hydrogen) atoms. The lowest BCUT2D eigenvalue weighted by molar-refractivity contribution is -0.176. The Balaban J connectivity index is 1.82. The van der Waals surface area contributed by atoms with Gasteiger partial charge in [-0.05, 0) is 44.6 Å². The summed E-state index contributed by atoms with van der Waals surface area (Å²) in [5.41, 5.74) is 6.14. The molecule has 0 saturated heterocycles. The van der Waals surface area contributed by atoms with Gasteiger partial charge in [0.1, 0.15) is 0 Å². The molecule has 3 N–H and O–H groups in total. The molecule has 0 aromatic heterocycles. The molecule has 0 aromatic rings. The van der Waals surface area contributed by atoms with E-state index in [4.69, 9.17) is 10.5 Å². The SMILES string of the molecule is CCOC1CC(NC(=O)[C@@H](N)CCSC)C12CCC2. The Kier molecular flexibility index (Phi) is 5.15. The second-order valence-corrected chi connectivity index (χ2v) is 6.70. The summed E-state index contributed by atoms with van der Waals surface area (Å²) >= 11 is 1.73. The predicted octanol–water partition coefficient (Wildman–Crippen LogP) is 1.53. The molecule has 4 nitrogen and oxygen atoms in total. The third-order valence-corrected chi connectivity index (χ3v) is 5.37. The molecule has 2 fully saturated rings. The van der Waals surface area contributed by atoms with Crippen molar-refractivity contribution in [3.8, 4) is 0 Å². The Morgan fingerprint density at radius 3 is 2.84 bits per heavy atom. The van der Waals surface area contributed by atoms with Crippen LogP contribution >= 0.6 is 11.8 Å². The molecule has 2 aliphatic carbocycles. The van der Waals surface area contributed by atoms with Crippen molar-refractivity contribution < 1.29 is 9.53 Å². The first-order chi connectivity index (χ1) is 9.14. The summed E-state index contributed by atoms with van der Waals surface area (Å²) in [5, 5.41) is 3.15. The fourth-order valence-corrected chi connectivity index (χ4v) is 3.79. The molecule has 0 bridgehead atoms. The quantitative estimate of drug-likeness (QED) is 0.745. The largest absolute Gasteiger partial charge is 0.378 e. The van der Waals surface area contributed by atoms with E-state index in [0.717, 1.165) is 25.2 Å². The maximum Gasteiger partial charge on any atom is 0.237 e. The van der Waals surface area contributed by atoms with Crippen LogP contribution in [0.2, 0.25) is 0 Å². The van der Waals surface area contributed by atoms with Crippen LogP contribution in [-0.4, -0.2) is 42.7 Å². The molecule has 110 valence electrons. The molecule has 1 amide bonds. The van der Waals surface area contributed by atoms with E-state index in [-0.39, 0.29) is 23.4 Å². The first kappa shape index (κ1) is 15.1. The minimum Gasteiger partial charge on any atom is -0.378 e. The Labute approximate surface area is 120 Å². The maximum absolute atomic E-state index is 12.1. The van der Waals surface area contributed by atoms with Crippen molar-refractivity contribution in [3.05, 3.63) is 0 Å². The summed E-state index contributed by atoms with van der Waals surface area (Å²) in [5.74, 6) is 0.951. The number of amides is 1. The van der Waals surface area contributed by atoms with E-state index < -0.39 is 0 Å². The Morgan fingerprint density at radius 2 is 2.32 bits per heavy atom. The fourth-order valence-electron chi connectivity index (χ4n) is 3.30. The van der Waals surface area contributed by atoms with Crippen molar-refractivity contribution in [1.29, 1.82) is 0 Å². The van der Waals surface area contributed by atoms with Gasteiger partial charge in [0, 0.05) is 18.1 Å². The van der Waals surface area contributed by atoms with Crippen LogP contribution in [0.5, 0.6) is 0 Å². The number of ether oxygens (including phenoxy) is 1. The van der Waals surface area contributed by atoms with Crippen molar-refractivity contribution in [2.24, 2.45) is 11.1 Å². The van der Waals surface area contributed by atoms with E-state index in [9.17, 15) is 4.79 Å². The zero-order chi connectivity index (χ0) is 13.9. The Morgan fingerprint density at radius 1 is 1.58 bits per heavy atom. The Hall–Kier alpha value is -0.260. The molecular formula is C14H26N2O2S. The highest BCUT2D eigenvalue weighted by Crippen LogP contribution is 2.57. The Bertz CT molecular complexity index is 321. The smallest absolute Gasteiger partial charge is 0.237 e. The van der Waals surface area contributed by atoms with Crippen LogP contribution in [0.1, 0.15) is 39.0 Å². The van der Waals surface area contributed by atoms with Crippen molar-refractivity contribution in [3.63, 3.8) is 0 Å². The van der Waals surface area contributed by atoms with Gasteiger partial charge in [-0.1, -0.05) is 6.42 Å².